The van der Waals surface area contributed by atoms with E-state index in [1.165, 1.54) is 0 Å². The number of carbonyl (C=O) groups is 1. The Balaban J connectivity index is 2.40. The van der Waals surface area contributed by atoms with Crippen LogP contribution < -0.4 is 0 Å². The number of aromatic nitrogens is 1. The summed E-state index contributed by atoms with van der Waals surface area (Å²) in [7, 11) is 0. The average molecular weight is 261 g/mol. The zero-order valence-corrected chi connectivity index (χ0v) is 11.6. The van der Waals surface area contributed by atoms with Gasteiger partial charge < -0.3 is 9.52 Å². The van der Waals surface area contributed by atoms with Crippen LogP contribution >= 0.6 is 0 Å². The highest BCUT2D eigenvalue weighted by Gasteiger charge is 2.36. The van der Waals surface area contributed by atoms with E-state index < -0.39 is 11.4 Å². The van der Waals surface area contributed by atoms with E-state index in [1.807, 2.05) is 39.0 Å². The SMILES string of the molecule is CCC(CC)(Cc1nc2c(C)cccc2o1)C(=O)O. The van der Waals surface area contributed by atoms with Crippen molar-refractivity contribution in [3.8, 4) is 0 Å². The molecule has 0 aliphatic heterocycles. The standard InChI is InChI=1S/C15H19NO3/c1-4-15(5-2,14(17)18)9-12-16-13-10(3)7-6-8-11(13)19-12/h6-8H,4-5,9H2,1-3H3,(H,17,18). The summed E-state index contributed by atoms with van der Waals surface area (Å²) in [6.07, 6.45) is 1.47. The summed E-state index contributed by atoms with van der Waals surface area (Å²) in [5, 5.41) is 9.45. The number of carboxylic acid groups (broad SMARTS) is 1. The molecule has 1 aromatic heterocycles. The zero-order valence-electron chi connectivity index (χ0n) is 11.6. The van der Waals surface area contributed by atoms with Crippen LogP contribution in [0.5, 0.6) is 0 Å². The lowest BCUT2D eigenvalue weighted by Gasteiger charge is -2.24. The zero-order chi connectivity index (χ0) is 14.0. The summed E-state index contributed by atoms with van der Waals surface area (Å²) < 4.78 is 5.68. The number of nitrogens with zero attached hydrogens (tertiary/aromatic N) is 1. The van der Waals surface area contributed by atoms with E-state index in [9.17, 15) is 9.90 Å². The molecule has 0 spiro atoms. The van der Waals surface area contributed by atoms with Crippen LogP contribution in [0.15, 0.2) is 22.6 Å². The van der Waals surface area contributed by atoms with E-state index in [1.54, 1.807) is 0 Å². The van der Waals surface area contributed by atoms with Gasteiger partial charge in [-0.3, -0.25) is 4.79 Å². The second-order valence-electron chi connectivity index (χ2n) is 5.00. The molecule has 0 saturated carbocycles. The first-order valence-corrected chi connectivity index (χ1v) is 6.61. The van der Waals surface area contributed by atoms with Gasteiger partial charge in [0.1, 0.15) is 5.52 Å². The molecule has 1 N–H and O–H groups in total. The molecule has 2 aromatic rings. The number of aliphatic carboxylic acids is 1. The summed E-state index contributed by atoms with van der Waals surface area (Å²) in [6, 6.07) is 5.74. The van der Waals surface area contributed by atoms with Crippen LogP contribution in [-0.4, -0.2) is 16.1 Å². The molecule has 0 aliphatic carbocycles. The van der Waals surface area contributed by atoms with Crippen molar-refractivity contribution in [1.29, 1.82) is 0 Å². The smallest absolute Gasteiger partial charge is 0.310 e. The number of hydrogen-bond donors (Lipinski definition) is 1. The Kier molecular flexibility index (Phi) is 3.60. The normalized spacial score (nSPS) is 11.9. The van der Waals surface area contributed by atoms with E-state index in [0.717, 1.165) is 16.7 Å². The molecule has 1 heterocycles. The third-order valence-electron chi connectivity index (χ3n) is 3.96. The van der Waals surface area contributed by atoms with Crippen LogP contribution in [0.1, 0.15) is 38.1 Å². The maximum Gasteiger partial charge on any atom is 0.310 e. The molecule has 0 radical (unpaired) electrons. The molecular weight excluding hydrogens is 242 g/mol. The Labute approximate surface area is 112 Å². The molecule has 0 unspecified atom stereocenters. The number of aryl methyl sites for hydroxylation is 1. The van der Waals surface area contributed by atoms with Crippen LogP contribution in [0.25, 0.3) is 11.1 Å². The van der Waals surface area contributed by atoms with Crippen molar-refractivity contribution in [2.24, 2.45) is 5.41 Å². The van der Waals surface area contributed by atoms with Crippen LogP contribution in [-0.2, 0) is 11.2 Å². The Bertz CT molecular complexity index is 596. The minimum atomic E-state index is -0.783. The van der Waals surface area contributed by atoms with E-state index in [0.29, 0.717) is 25.2 Å². The lowest BCUT2D eigenvalue weighted by Crippen LogP contribution is -2.32. The van der Waals surface area contributed by atoms with Crippen molar-refractivity contribution in [2.45, 2.75) is 40.0 Å². The largest absolute Gasteiger partial charge is 0.481 e. The van der Waals surface area contributed by atoms with Gasteiger partial charge in [0, 0.05) is 6.42 Å². The third-order valence-corrected chi connectivity index (χ3v) is 3.96. The summed E-state index contributed by atoms with van der Waals surface area (Å²) >= 11 is 0. The summed E-state index contributed by atoms with van der Waals surface area (Å²) in [4.78, 5) is 15.9. The van der Waals surface area contributed by atoms with Crippen molar-refractivity contribution < 1.29 is 14.3 Å². The Morgan fingerprint density at radius 1 is 1.37 bits per heavy atom. The summed E-state index contributed by atoms with van der Waals surface area (Å²) in [5.74, 6) is -0.271. The van der Waals surface area contributed by atoms with Crippen LogP contribution in [0.3, 0.4) is 0 Å². The highest BCUT2D eigenvalue weighted by molar-refractivity contribution is 5.77. The van der Waals surface area contributed by atoms with Crippen molar-refractivity contribution in [3.05, 3.63) is 29.7 Å². The molecule has 0 amide bonds. The van der Waals surface area contributed by atoms with Crippen LogP contribution in [0.2, 0.25) is 0 Å². The molecule has 4 nitrogen and oxygen atoms in total. The summed E-state index contributed by atoms with van der Waals surface area (Å²) in [5.41, 5.74) is 1.81. The number of benzene rings is 1. The molecule has 1 aromatic carbocycles. The highest BCUT2D eigenvalue weighted by Crippen LogP contribution is 2.32. The molecule has 0 atom stereocenters. The van der Waals surface area contributed by atoms with Gasteiger partial charge >= 0.3 is 5.97 Å². The fraction of sp³-hybridized carbons (Fsp3) is 0.467. The van der Waals surface area contributed by atoms with Gasteiger partial charge in [0.15, 0.2) is 11.5 Å². The van der Waals surface area contributed by atoms with Gasteiger partial charge in [-0.2, -0.15) is 0 Å². The number of rotatable bonds is 5. The number of oxazole rings is 1. The maximum atomic E-state index is 11.5. The van der Waals surface area contributed by atoms with Crippen LogP contribution in [0.4, 0.5) is 0 Å². The first-order valence-electron chi connectivity index (χ1n) is 6.61. The van der Waals surface area contributed by atoms with Crippen molar-refractivity contribution in [1.82, 2.24) is 4.98 Å². The predicted molar refractivity (Wildman–Crippen MR) is 73.1 cm³/mol. The molecular formula is C15H19NO3. The second kappa shape index (κ2) is 5.03. The lowest BCUT2D eigenvalue weighted by molar-refractivity contribution is -0.149. The molecule has 2 rings (SSSR count). The monoisotopic (exact) mass is 261 g/mol. The van der Waals surface area contributed by atoms with Crippen molar-refractivity contribution in [3.63, 3.8) is 0 Å². The number of hydrogen-bond acceptors (Lipinski definition) is 3. The fourth-order valence-electron chi connectivity index (χ4n) is 2.38. The maximum absolute atomic E-state index is 11.5. The van der Waals surface area contributed by atoms with Crippen LogP contribution in [0, 0.1) is 12.3 Å². The quantitative estimate of drug-likeness (QED) is 0.893. The third kappa shape index (κ3) is 2.35. The Morgan fingerprint density at radius 2 is 2.05 bits per heavy atom. The minimum absolute atomic E-state index is 0.337. The number of para-hydroxylation sites is 1. The minimum Gasteiger partial charge on any atom is -0.481 e. The molecule has 4 heteroatoms. The van der Waals surface area contributed by atoms with Gasteiger partial charge in [-0.15, -0.1) is 0 Å². The Morgan fingerprint density at radius 3 is 2.58 bits per heavy atom. The first-order chi connectivity index (χ1) is 9.02. The molecule has 0 fully saturated rings. The molecule has 19 heavy (non-hydrogen) atoms. The number of fused-ring (bicyclic) bond motifs is 1. The van der Waals surface area contributed by atoms with Gasteiger partial charge in [-0.1, -0.05) is 26.0 Å². The average Bonchev–Trinajstić information content (AvgIpc) is 2.79. The first kappa shape index (κ1) is 13.6. The lowest BCUT2D eigenvalue weighted by atomic mass is 9.79. The van der Waals surface area contributed by atoms with Gasteiger partial charge in [0.05, 0.1) is 5.41 Å². The van der Waals surface area contributed by atoms with E-state index in [-0.39, 0.29) is 0 Å². The van der Waals surface area contributed by atoms with E-state index in [2.05, 4.69) is 4.98 Å². The molecule has 0 aliphatic rings. The second-order valence-corrected chi connectivity index (χ2v) is 5.00. The summed E-state index contributed by atoms with van der Waals surface area (Å²) in [6.45, 7) is 5.76. The molecule has 0 saturated heterocycles. The predicted octanol–water partition coefficient (Wildman–Crippen LogP) is 3.57. The highest BCUT2D eigenvalue weighted by atomic mass is 16.4. The van der Waals surface area contributed by atoms with E-state index in [4.69, 9.17) is 4.42 Å². The Hall–Kier alpha value is -1.84. The van der Waals surface area contributed by atoms with Gasteiger partial charge in [0.2, 0.25) is 0 Å². The van der Waals surface area contributed by atoms with Crippen molar-refractivity contribution in [2.75, 3.05) is 0 Å². The fourth-order valence-corrected chi connectivity index (χ4v) is 2.38. The van der Waals surface area contributed by atoms with Crippen molar-refractivity contribution >= 4 is 17.1 Å². The van der Waals surface area contributed by atoms with Gasteiger partial charge in [0.25, 0.3) is 0 Å². The van der Waals surface area contributed by atoms with Gasteiger partial charge in [-0.05, 0) is 31.4 Å². The molecule has 102 valence electrons. The van der Waals surface area contributed by atoms with E-state index >= 15 is 0 Å². The number of carboxylic acids is 1. The molecule has 0 bridgehead atoms. The van der Waals surface area contributed by atoms with Gasteiger partial charge in [-0.25, -0.2) is 4.98 Å². The topological polar surface area (TPSA) is 63.3 Å².